The minimum Gasteiger partial charge on any atom is -0.496 e. The van der Waals surface area contributed by atoms with Crippen molar-refractivity contribution >= 4 is 5.78 Å². The summed E-state index contributed by atoms with van der Waals surface area (Å²) in [7, 11) is 1.69. The molecule has 0 spiro atoms. The van der Waals surface area contributed by atoms with Crippen molar-refractivity contribution < 1.29 is 9.53 Å². The van der Waals surface area contributed by atoms with Crippen LogP contribution >= 0.6 is 0 Å². The molecule has 0 fully saturated rings. The third-order valence-corrected chi connectivity index (χ3v) is 3.50. The molecule has 2 aromatic carbocycles. The zero-order valence-corrected chi connectivity index (χ0v) is 12.5. The minimum absolute atomic E-state index is 0.175. The third-order valence-electron chi connectivity index (χ3n) is 3.50. The summed E-state index contributed by atoms with van der Waals surface area (Å²) in [5.41, 5.74) is 5.17. The molecule has 20 heavy (non-hydrogen) atoms. The molecule has 0 atom stereocenters. The molecule has 2 heteroatoms. The highest BCUT2D eigenvalue weighted by Crippen LogP contribution is 2.30. The SMILES string of the molecule is CCC(=O)c1cccc(-c2cc(C)c(OC)c(C)c2)c1. The number of rotatable bonds is 4. The van der Waals surface area contributed by atoms with E-state index in [1.807, 2.05) is 45.0 Å². The van der Waals surface area contributed by atoms with Crippen molar-refractivity contribution in [3.05, 3.63) is 53.1 Å². The molecule has 2 aromatic rings. The second-order valence-corrected chi connectivity index (χ2v) is 5.00. The number of methoxy groups -OCH3 is 1. The van der Waals surface area contributed by atoms with Crippen molar-refractivity contribution in [3.8, 4) is 16.9 Å². The molecule has 2 rings (SSSR count). The number of carbonyl (C=O) groups excluding carboxylic acids is 1. The fraction of sp³-hybridized carbons (Fsp3) is 0.278. The zero-order chi connectivity index (χ0) is 14.7. The maximum absolute atomic E-state index is 11.8. The maximum Gasteiger partial charge on any atom is 0.162 e. The molecule has 0 bridgehead atoms. The summed E-state index contributed by atoms with van der Waals surface area (Å²) < 4.78 is 5.39. The average Bonchev–Trinajstić information content (AvgIpc) is 2.46. The predicted octanol–water partition coefficient (Wildman–Crippen LogP) is 4.57. The van der Waals surface area contributed by atoms with Gasteiger partial charge in [0.15, 0.2) is 5.78 Å². The first-order valence-corrected chi connectivity index (χ1v) is 6.85. The van der Waals surface area contributed by atoms with Gasteiger partial charge in [-0.15, -0.1) is 0 Å². The molecule has 0 saturated carbocycles. The molecule has 0 unspecified atom stereocenters. The Morgan fingerprint density at radius 1 is 1.05 bits per heavy atom. The Morgan fingerprint density at radius 3 is 2.25 bits per heavy atom. The molecule has 0 N–H and O–H groups in total. The number of carbonyl (C=O) groups is 1. The lowest BCUT2D eigenvalue weighted by atomic mass is 9.97. The lowest BCUT2D eigenvalue weighted by Crippen LogP contribution is -1.97. The van der Waals surface area contributed by atoms with E-state index in [-0.39, 0.29) is 5.78 Å². The summed E-state index contributed by atoms with van der Waals surface area (Å²) in [6.45, 7) is 5.96. The number of hydrogen-bond acceptors (Lipinski definition) is 2. The molecular weight excluding hydrogens is 248 g/mol. The second-order valence-electron chi connectivity index (χ2n) is 5.00. The van der Waals surface area contributed by atoms with Crippen molar-refractivity contribution in [1.29, 1.82) is 0 Å². The lowest BCUT2D eigenvalue weighted by molar-refractivity contribution is 0.0988. The van der Waals surface area contributed by atoms with Crippen LogP contribution in [0.1, 0.15) is 34.8 Å². The normalized spacial score (nSPS) is 10.4. The van der Waals surface area contributed by atoms with Crippen LogP contribution in [0.3, 0.4) is 0 Å². The van der Waals surface area contributed by atoms with Gasteiger partial charge in [0.1, 0.15) is 5.75 Å². The van der Waals surface area contributed by atoms with Crippen LogP contribution in [0.15, 0.2) is 36.4 Å². The molecular formula is C18H20O2. The number of ether oxygens (including phenoxy) is 1. The summed E-state index contributed by atoms with van der Waals surface area (Å²) in [6.07, 6.45) is 0.532. The van der Waals surface area contributed by atoms with Gasteiger partial charge in [-0.2, -0.15) is 0 Å². The number of benzene rings is 2. The van der Waals surface area contributed by atoms with Gasteiger partial charge in [-0.25, -0.2) is 0 Å². The fourth-order valence-electron chi connectivity index (χ4n) is 2.52. The Balaban J connectivity index is 2.49. The van der Waals surface area contributed by atoms with E-state index in [1.165, 1.54) is 0 Å². The Hall–Kier alpha value is -2.09. The molecule has 0 aromatic heterocycles. The summed E-state index contributed by atoms with van der Waals surface area (Å²) >= 11 is 0. The van der Waals surface area contributed by atoms with Crippen LogP contribution in [0, 0.1) is 13.8 Å². The van der Waals surface area contributed by atoms with Crippen LogP contribution in [-0.2, 0) is 0 Å². The smallest absolute Gasteiger partial charge is 0.162 e. The maximum atomic E-state index is 11.8. The van der Waals surface area contributed by atoms with Crippen molar-refractivity contribution in [2.75, 3.05) is 7.11 Å². The van der Waals surface area contributed by atoms with Gasteiger partial charge in [-0.1, -0.05) is 25.1 Å². The van der Waals surface area contributed by atoms with E-state index in [1.54, 1.807) is 7.11 Å². The van der Waals surface area contributed by atoms with Crippen molar-refractivity contribution in [1.82, 2.24) is 0 Å². The zero-order valence-electron chi connectivity index (χ0n) is 12.5. The van der Waals surface area contributed by atoms with Crippen molar-refractivity contribution in [3.63, 3.8) is 0 Å². The predicted molar refractivity (Wildman–Crippen MR) is 82.5 cm³/mol. The summed E-state index contributed by atoms with van der Waals surface area (Å²) in [4.78, 5) is 11.8. The molecule has 0 aliphatic rings. The molecule has 0 saturated heterocycles. The van der Waals surface area contributed by atoms with Gasteiger partial charge >= 0.3 is 0 Å². The summed E-state index contributed by atoms with van der Waals surface area (Å²) in [5.74, 6) is 1.10. The standard InChI is InChI=1S/C18H20O2/c1-5-17(19)15-8-6-7-14(11-15)16-9-12(2)18(20-4)13(3)10-16/h6-11H,5H2,1-4H3. The van der Waals surface area contributed by atoms with E-state index < -0.39 is 0 Å². The number of ketones is 1. The van der Waals surface area contributed by atoms with E-state index in [2.05, 4.69) is 12.1 Å². The first kappa shape index (κ1) is 14.3. The first-order chi connectivity index (χ1) is 9.56. The molecule has 0 heterocycles. The van der Waals surface area contributed by atoms with Gasteiger partial charge < -0.3 is 4.74 Å². The Kier molecular flexibility index (Phi) is 4.23. The lowest BCUT2D eigenvalue weighted by Gasteiger charge is -2.12. The van der Waals surface area contributed by atoms with Crippen LogP contribution in [0.2, 0.25) is 0 Å². The summed E-state index contributed by atoms with van der Waals surface area (Å²) in [6, 6.07) is 12.0. The van der Waals surface area contributed by atoms with Gasteiger partial charge in [-0.3, -0.25) is 4.79 Å². The highest BCUT2D eigenvalue weighted by molar-refractivity contribution is 5.97. The second kappa shape index (κ2) is 5.91. The third kappa shape index (κ3) is 2.74. The van der Waals surface area contributed by atoms with Gasteiger partial charge in [0.25, 0.3) is 0 Å². The van der Waals surface area contributed by atoms with Crippen molar-refractivity contribution in [2.24, 2.45) is 0 Å². The highest BCUT2D eigenvalue weighted by Gasteiger charge is 2.09. The quantitative estimate of drug-likeness (QED) is 0.759. The molecule has 2 nitrogen and oxygen atoms in total. The average molecular weight is 268 g/mol. The van der Waals surface area contributed by atoms with E-state index in [0.717, 1.165) is 33.6 Å². The number of hydrogen-bond donors (Lipinski definition) is 0. The minimum atomic E-state index is 0.175. The Labute approximate surface area is 120 Å². The van der Waals surface area contributed by atoms with Crippen LogP contribution < -0.4 is 4.74 Å². The molecule has 0 radical (unpaired) electrons. The highest BCUT2D eigenvalue weighted by atomic mass is 16.5. The van der Waals surface area contributed by atoms with Gasteiger partial charge in [0, 0.05) is 12.0 Å². The van der Waals surface area contributed by atoms with Crippen LogP contribution in [0.4, 0.5) is 0 Å². The number of Topliss-reactive ketones (excluding diaryl/α,β-unsaturated/α-hetero) is 1. The van der Waals surface area contributed by atoms with Crippen molar-refractivity contribution in [2.45, 2.75) is 27.2 Å². The van der Waals surface area contributed by atoms with Gasteiger partial charge in [0.05, 0.1) is 7.11 Å². The van der Waals surface area contributed by atoms with E-state index in [4.69, 9.17) is 4.74 Å². The molecule has 104 valence electrons. The van der Waals surface area contributed by atoms with Gasteiger partial charge in [0.2, 0.25) is 0 Å². The van der Waals surface area contributed by atoms with Crippen LogP contribution in [-0.4, -0.2) is 12.9 Å². The van der Waals surface area contributed by atoms with E-state index >= 15 is 0 Å². The van der Waals surface area contributed by atoms with Crippen LogP contribution in [0.25, 0.3) is 11.1 Å². The fourth-order valence-corrected chi connectivity index (χ4v) is 2.52. The summed E-state index contributed by atoms with van der Waals surface area (Å²) in [5, 5.41) is 0. The number of aryl methyl sites for hydroxylation is 2. The molecule has 0 aliphatic heterocycles. The largest absolute Gasteiger partial charge is 0.496 e. The Bertz CT molecular complexity index is 619. The topological polar surface area (TPSA) is 26.3 Å². The first-order valence-electron chi connectivity index (χ1n) is 6.85. The van der Waals surface area contributed by atoms with E-state index in [0.29, 0.717) is 6.42 Å². The molecule has 0 amide bonds. The van der Waals surface area contributed by atoms with E-state index in [9.17, 15) is 4.79 Å². The van der Waals surface area contributed by atoms with Crippen LogP contribution in [0.5, 0.6) is 5.75 Å². The van der Waals surface area contributed by atoms with Gasteiger partial charge in [-0.05, 0) is 54.3 Å². The monoisotopic (exact) mass is 268 g/mol. The Morgan fingerprint density at radius 2 is 1.70 bits per heavy atom. The molecule has 0 aliphatic carbocycles.